The second-order valence-corrected chi connectivity index (χ2v) is 4.75. The van der Waals surface area contributed by atoms with Crippen molar-refractivity contribution in [2.24, 2.45) is 0 Å². The van der Waals surface area contributed by atoms with Crippen LogP contribution in [0, 0.1) is 5.82 Å². The summed E-state index contributed by atoms with van der Waals surface area (Å²) in [7, 11) is 1.57. The quantitative estimate of drug-likeness (QED) is 0.802. The average molecular weight is 312 g/mol. The summed E-state index contributed by atoms with van der Waals surface area (Å²) in [5, 5.41) is 4.13. The number of benzene rings is 2. The standard InChI is InChI=1S/C16H13FN4O2/c1-23-13-8-4-10(5-9-13)14-19-16(18)21(20-14)15(22)11-2-6-12(17)7-3-11/h2-9H,1H3,(H2,18,19,20). The van der Waals surface area contributed by atoms with Gasteiger partial charge in [-0.05, 0) is 48.5 Å². The van der Waals surface area contributed by atoms with E-state index in [0.717, 1.165) is 4.68 Å². The van der Waals surface area contributed by atoms with Crippen molar-refractivity contribution in [1.82, 2.24) is 14.8 Å². The highest BCUT2D eigenvalue weighted by molar-refractivity contribution is 5.96. The summed E-state index contributed by atoms with van der Waals surface area (Å²) >= 11 is 0. The maximum atomic E-state index is 12.9. The maximum Gasteiger partial charge on any atom is 0.281 e. The van der Waals surface area contributed by atoms with Gasteiger partial charge >= 0.3 is 0 Å². The predicted molar refractivity (Wildman–Crippen MR) is 82.6 cm³/mol. The van der Waals surface area contributed by atoms with Crippen LogP contribution < -0.4 is 10.5 Å². The van der Waals surface area contributed by atoms with E-state index < -0.39 is 11.7 Å². The molecular weight excluding hydrogens is 299 g/mol. The van der Waals surface area contributed by atoms with E-state index in [1.165, 1.54) is 24.3 Å². The zero-order valence-electron chi connectivity index (χ0n) is 12.2. The molecule has 1 heterocycles. The van der Waals surface area contributed by atoms with Crippen LogP contribution in [0.2, 0.25) is 0 Å². The molecule has 0 saturated heterocycles. The molecule has 0 aliphatic carbocycles. The van der Waals surface area contributed by atoms with Crippen molar-refractivity contribution >= 4 is 11.9 Å². The van der Waals surface area contributed by atoms with Gasteiger partial charge in [0.1, 0.15) is 11.6 Å². The monoisotopic (exact) mass is 312 g/mol. The number of nitrogen functional groups attached to an aromatic ring is 1. The van der Waals surface area contributed by atoms with Crippen molar-refractivity contribution in [3.05, 3.63) is 59.9 Å². The molecule has 0 spiro atoms. The third-order valence-corrected chi connectivity index (χ3v) is 3.26. The van der Waals surface area contributed by atoms with Crippen LogP contribution in [-0.2, 0) is 0 Å². The minimum absolute atomic E-state index is 0.0369. The van der Waals surface area contributed by atoms with Crippen LogP contribution in [0.25, 0.3) is 11.4 Å². The molecule has 2 aromatic carbocycles. The number of aromatic nitrogens is 3. The lowest BCUT2D eigenvalue weighted by Crippen LogP contribution is -2.16. The third kappa shape index (κ3) is 2.89. The first kappa shape index (κ1) is 14.7. The minimum atomic E-state index is -0.477. The van der Waals surface area contributed by atoms with Crippen LogP contribution in [-0.4, -0.2) is 27.8 Å². The Hall–Kier alpha value is -3.22. The Morgan fingerprint density at radius 3 is 2.39 bits per heavy atom. The van der Waals surface area contributed by atoms with E-state index in [9.17, 15) is 9.18 Å². The molecule has 0 bridgehead atoms. The Labute approximate surface area is 131 Å². The number of methoxy groups -OCH3 is 1. The second kappa shape index (κ2) is 5.88. The van der Waals surface area contributed by atoms with Crippen LogP contribution in [0.15, 0.2) is 48.5 Å². The lowest BCUT2D eigenvalue weighted by atomic mass is 10.2. The van der Waals surface area contributed by atoms with Crippen LogP contribution in [0.1, 0.15) is 10.4 Å². The molecule has 0 saturated carbocycles. The molecule has 23 heavy (non-hydrogen) atoms. The highest BCUT2D eigenvalue weighted by Gasteiger charge is 2.16. The molecular formula is C16H13FN4O2. The van der Waals surface area contributed by atoms with E-state index >= 15 is 0 Å². The molecule has 0 radical (unpaired) electrons. The number of nitrogens with two attached hydrogens (primary N) is 1. The van der Waals surface area contributed by atoms with Crippen molar-refractivity contribution in [2.45, 2.75) is 0 Å². The van der Waals surface area contributed by atoms with Gasteiger partial charge in [0.05, 0.1) is 7.11 Å². The summed E-state index contributed by atoms with van der Waals surface area (Å²) in [6.07, 6.45) is 0. The number of carbonyl (C=O) groups is 1. The third-order valence-electron chi connectivity index (χ3n) is 3.26. The molecule has 6 nitrogen and oxygen atoms in total. The van der Waals surface area contributed by atoms with Crippen molar-refractivity contribution in [3.63, 3.8) is 0 Å². The zero-order chi connectivity index (χ0) is 16.4. The van der Waals surface area contributed by atoms with Crippen LogP contribution in [0.3, 0.4) is 0 Å². The van der Waals surface area contributed by atoms with Crippen molar-refractivity contribution in [3.8, 4) is 17.1 Å². The van der Waals surface area contributed by atoms with Gasteiger partial charge in [-0.15, -0.1) is 5.10 Å². The van der Waals surface area contributed by atoms with Gasteiger partial charge in [0.2, 0.25) is 5.95 Å². The van der Waals surface area contributed by atoms with Crippen LogP contribution >= 0.6 is 0 Å². The number of hydrogen-bond acceptors (Lipinski definition) is 5. The fourth-order valence-electron chi connectivity index (χ4n) is 2.05. The largest absolute Gasteiger partial charge is 0.497 e. The molecule has 0 aliphatic rings. The molecule has 1 aromatic heterocycles. The Morgan fingerprint density at radius 1 is 1.13 bits per heavy atom. The topological polar surface area (TPSA) is 83.0 Å². The number of rotatable bonds is 3. The SMILES string of the molecule is COc1ccc(-c2nc(N)n(C(=O)c3ccc(F)cc3)n2)cc1. The number of ether oxygens (including phenoxy) is 1. The smallest absolute Gasteiger partial charge is 0.281 e. The van der Waals surface area contributed by atoms with Gasteiger partial charge in [-0.2, -0.15) is 9.67 Å². The molecule has 2 N–H and O–H groups in total. The highest BCUT2D eigenvalue weighted by atomic mass is 19.1. The number of carbonyl (C=O) groups excluding carboxylic acids is 1. The van der Waals surface area contributed by atoms with E-state index in [1.807, 2.05) is 0 Å². The summed E-state index contributed by atoms with van der Waals surface area (Å²) < 4.78 is 19.0. The molecule has 0 fully saturated rings. The van der Waals surface area contributed by atoms with Gasteiger partial charge in [0.15, 0.2) is 5.82 Å². The normalized spacial score (nSPS) is 10.5. The van der Waals surface area contributed by atoms with E-state index in [2.05, 4.69) is 10.1 Å². The zero-order valence-corrected chi connectivity index (χ0v) is 12.2. The Morgan fingerprint density at radius 2 is 1.78 bits per heavy atom. The Bertz CT molecular complexity index is 842. The van der Waals surface area contributed by atoms with Crippen LogP contribution in [0.5, 0.6) is 5.75 Å². The fourth-order valence-corrected chi connectivity index (χ4v) is 2.05. The minimum Gasteiger partial charge on any atom is -0.497 e. The van der Waals surface area contributed by atoms with Gasteiger partial charge in [-0.3, -0.25) is 4.79 Å². The van der Waals surface area contributed by atoms with E-state index in [0.29, 0.717) is 17.1 Å². The molecule has 0 unspecified atom stereocenters. The molecule has 0 aliphatic heterocycles. The van der Waals surface area contributed by atoms with Gasteiger partial charge in [0, 0.05) is 11.1 Å². The van der Waals surface area contributed by atoms with Gasteiger partial charge < -0.3 is 10.5 Å². The summed E-state index contributed by atoms with van der Waals surface area (Å²) in [6, 6.07) is 12.2. The van der Waals surface area contributed by atoms with Crippen molar-refractivity contribution in [2.75, 3.05) is 12.8 Å². The number of halogens is 1. The van der Waals surface area contributed by atoms with Crippen molar-refractivity contribution in [1.29, 1.82) is 0 Å². The predicted octanol–water partition coefficient (Wildman–Crippen LogP) is 2.36. The van der Waals surface area contributed by atoms with Crippen LogP contribution in [0.4, 0.5) is 10.3 Å². The molecule has 3 rings (SSSR count). The summed E-state index contributed by atoms with van der Waals surface area (Å²) in [6.45, 7) is 0. The molecule has 7 heteroatoms. The first-order valence-electron chi connectivity index (χ1n) is 6.75. The van der Waals surface area contributed by atoms with Gasteiger partial charge in [-0.1, -0.05) is 0 Å². The first-order chi connectivity index (χ1) is 11.1. The summed E-state index contributed by atoms with van der Waals surface area (Å²) in [5.74, 6) is 0.0797. The Kier molecular flexibility index (Phi) is 3.76. The second-order valence-electron chi connectivity index (χ2n) is 4.75. The maximum absolute atomic E-state index is 12.9. The number of hydrogen-bond donors (Lipinski definition) is 1. The summed E-state index contributed by atoms with van der Waals surface area (Å²) in [4.78, 5) is 16.5. The van der Waals surface area contributed by atoms with E-state index in [-0.39, 0.29) is 11.5 Å². The van der Waals surface area contributed by atoms with Gasteiger partial charge in [-0.25, -0.2) is 4.39 Å². The number of nitrogens with zero attached hydrogens (tertiary/aromatic N) is 3. The summed E-state index contributed by atoms with van der Waals surface area (Å²) in [5.41, 5.74) is 6.74. The number of anilines is 1. The molecule has 116 valence electrons. The first-order valence-corrected chi connectivity index (χ1v) is 6.75. The molecule has 0 amide bonds. The Balaban J connectivity index is 1.93. The highest BCUT2D eigenvalue weighted by Crippen LogP contribution is 2.20. The van der Waals surface area contributed by atoms with E-state index in [1.54, 1.807) is 31.4 Å². The lowest BCUT2D eigenvalue weighted by molar-refractivity contribution is 0.0948. The van der Waals surface area contributed by atoms with Gasteiger partial charge in [0.25, 0.3) is 5.91 Å². The average Bonchev–Trinajstić information content (AvgIpc) is 2.97. The lowest BCUT2D eigenvalue weighted by Gasteiger charge is -2.01. The molecule has 3 aromatic rings. The fraction of sp³-hybridized carbons (Fsp3) is 0.0625. The van der Waals surface area contributed by atoms with Crippen molar-refractivity contribution < 1.29 is 13.9 Å². The van der Waals surface area contributed by atoms with E-state index in [4.69, 9.17) is 10.5 Å². The molecule has 0 atom stereocenters.